The van der Waals surface area contributed by atoms with Gasteiger partial charge in [-0.25, -0.2) is 4.79 Å². The molecule has 0 saturated heterocycles. The van der Waals surface area contributed by atoms with Crippen molar-refractivity contribution in [2.75, 3.05) is 13.3 Å². The van der Waals surface area contributed by atoms with E-state index in [9.17, 15) is 4.79 Å². The molecule has 1 aliphatic heterocycles. The van der Waals surface area contributed by atoms with Gasteiger partial charge in [-0.05, 0) is 43.7 Å². The Kier molecular flexibility index (Phi) is 4.93. The summed E-state index contributed by atoms with van der Waals surface area (Å²) in [4.78, 5) is 14.2. The number of hydrogen-bond acceptors (Lipinski definition) is 4. The van der Waals surface area contributed by atoms with Gasteiger partial charge < -0.3 is 24.1 Å². The molecule has 1 unspecified atom stereocenters. The minimum absolute atomic E-state index is 0.00514. The second-order valence-electron chi connectivity index (χ2n) is 5.84. The number of benzene rings is 1. The van der Waals surface area contributed by atoms with Crippen molar-refractivity contribution < 1.29 is 18.7 Å². The molecule has 1 N–H and O–H groups in total. The molecule has 24 heavy (non-hydrogen) atoms. The van der Waals surface area contributed by atoms with Crippen LogP contribution >= 0.6 is 0 Å². The zero-order valence-electron chi connectivity index (χ0n) is 14.0. The molecule has 128 valence electrons. The summed E-state index contributed by atoms with van der Waals surface area (Å²) in [6.07, 6.45) is 2.31. The van der Waals surface area contributed by atoms with Crippen molar-refractivity contribution in [2.45, 2.75) is 32.9 Å². The lowest BCUT2D eigenvalue weighted by atomic mass is 10.2. The van der Waals surface area contributed by atoms with Crippen molar-refractivity contribution in [1.29, 1.82) is 0 Å². The molecule has 1 aromatic heterocycles. The van der Waals surface area contributed by atoms with Gasteiger partial charge in [0.15, 0.2) is 11.5 Å². The van der Waals surface area contributed by atoms with Crippen LogP contribution in [-0.2, 0) is 13.0 Å². The first-order chi connectivity index (χ1) is 11.7. The summed E-state index contributed by atoms with van der Waals surface area (Å²) in [5.74, 6) is 2.34. The molecule has 1 atom stereocenters. The Balaban J connectivity index is 1.57. The first kappa shape index (κ1) is 16.2. The molecule has 0 aliphatic carbocycles. The Morgan fingerprint density at radius 1 is 1.29 bits per heavy atom. The number of nitrogens with one attached hydrogen (secondary N) is 1. The minimum atomic E-state index is -0.0887. The lowest BCUT2D eigenvalue weighted by Crippen LogP contribution is -2.44. The van der Waals surface area contributed by atoms with Gasteiger partial charge in [0.1, 0.15) is 5.76 Å². The van der Waals surface area contributed by atoms with Gasteiger partial charge >= 0.3 is 6.03 Å². The molecule has 0 radical (unpaired) electrons. The fourth-order valence-corrected chi connectivity index (χ4v) is 2.67. The highest BCUT2D eigenvalue weighted by Gasteiger charge is 2.18. The number of ether oxygens (including phenoxy) is 2. The summed E-state index contributed by atoms with van der Waals surface area (Å²) in [5.41, 5.74) is 1.01. The standard InChI is InChI=1S/C18H22N2O4/c1-3-20(11-14-6-7-16-17(10-14)24-12-23-16)18(21)19-13(2)9-15-5-4-8-22-15/h4-8,10,13H,3,9,11-12H2,1-2H3,(H,19,21). The third-order valence-corrected chi connectivity index (χ3v) is 3.94. The quantitative estimate of drug-likeness (QED) is 0.883. The Hall–Kier alpha value is -2.63. The number of nitrogens with zero attached hydrogens (tertiary/aromatic N) is 1. The van der Waals surface area contributed by atoms with E-state index in [1.165, 1.54) is 0 Å². The van der Waals surface area contributed by atoms with Crippen LogP contribution in [0.1, 0.15) is 25.2 Å². The highest BCUT2D eigenvalue weighted by Crippen LogP contribution is 2.32. The zero-order valence-corrected chi connectivity index (χ0v) is 14.0. The Morgan fingerprint density at radius 2 is 2.12 bits per heavy atom. The fourth-order valence-electron chi connectivity index (χ4n) is 2.67. The van der Waals surface area contributed by atoms with Crippen LogP contribution in [0.2, 0.25) is 0 Å². The van der Waals surface area contributed by atoms with Gasteiger partial charge in [-0.3, -0.25) is 0 Å². The van der Waals surface area contributed by atoms with E-state index < -0.39 is 0 Å². The van der Waals surface area contributed by atoms with E-state index in [0.717, 1.165) is 22.8 Å². The number of fused-ring (bicyclic) bond motifs is 1. The maximum absolute atomic E-state index is 12.5. The van der Waals surface area contributed by atoms with Crippen LogP contribution in [0, 0.1) is 0 Å². The average molecular weight is 330 g/mol. The Bertz CT molecular complexity index is 684. The van der Waals surface area contributed by atoms with E-state index in [0.29, 0.717) is 19.5 Å². The Morgan fingerprint density at radius 3 is 2.88 bits per heavy atom. The highest BCUT2D eigenvalue weighted by atomic mass is 16.7. The first-order valence-corrected chi connectivity index (χ1v) is 8.12. The van der Waals surface area contributed by atoms with Crippen LogP contribution in [0.25, 0.3) is 0 Å². The SMILES string of the molecule is CCN(Cc1ccc2c(c1)OCO2)C(=O)NC(C)Cc1ccco1. The third kappa shape index (κ3) is 3.82. The molecule has 2 amide bonds. The van der Waals surface area contributed by atoms with Crippen LogP contribution in [0.5, 0.6) is 11.5 Å². The van der Waals surface area contributed by atoms with Crippen LogP contribution in [-0.4, -0.2) is 30.3 Å². The largest absolute Gasteiger partial charge is 0.469 e. The molecule has 0 bridgehead atoms. The van der Waals surface area contributed by atoms with Gasteiger partial charge in [-0.1, -0.05) is 6.07 Å². The molecule has 1 aromatic carbocycles. The lowest BCUT2D eigenvalue weighted by molar-refractivity contribution is 0.173. The number of urea groups is 1. The van der Waals surface area contributed by atoms with Crippen molar-refractivity contribution in [2.24, 2.45) is 0 Å². The molecular weight excluding hydrogens is 308 g/mol. The van der Waals surface area contributed by atoms with E-state index in [-0.39, 0.29) is 18.9 Å². The molecule has 2 aromatic rings. The van der Waals surface area contributed by atoms with E-state index in [1.807, 2.05) is 44.2 Å². The molecule has 0 saturated carbocycles. The highest BCUT2D eigenvalue weighted by molar-refractivity contribution is 5.74. The molecule has 0 spiro atoms. The van der Waals surface area contributed by atoms with Gasteiger partial charge in [-0.15, -0.1) is 0 Å². The summed E-state index contributed by atoms with van der Waals surface area (Å²) < 4.78 is 16.0. The van der Waals surface area contributed by atoms with E-state index in [2.05, 4.69) is 5.32 Å². The summed E-state index contributed by atoms with van der Waals surface area (Å²) in [6.45, 7) is 5.32. The Labute approximate surface area is 141 Å². The molecule has 2 heterocycles. The monoisotopic (exact) mass is 330 g/mol. The van der Waals surface area contributed by atoms with E-state index in [1.54, 1.807) is 11.2 Å². The van der Waals surface area contributed by atoms with Crippen molar-refractivity contribution in [3.8, 4) is 11.5 Å². The van der Waals surface area contributed by atoms with Gasteiger partial charge in [-0.2, -0.15) is 0 Å². The summed E-state index contributed by atoms with van der Waals surface area (Å²) in [6, 6.07) is 9.42. The predicted molar refractivity (Wildman–Crippen MR) is 89.1 cm³/mol. The number of amides is 2. The van der Waals surface area contributed by atoms with Crippen LogP contribution in [0.15, 0.2) is 41.0 Å². The second-order valence-corrected chi connectivity index (χ2v) is 5.84. The smallest absolute Gasteiger partial charge is 0.317 e. The van der Waals surface area contributed by atoms with Crippen molar-refractivity contribution in [1.82, 2.24) is 10.2 Å². The summed E-state index contributed by atoms with van der Waals surface area (Å²) >= 11 is 0. The lowest BCUT2D eigenvalue weighted by Gasteiger charge is -2.24. The van der Waals surface area contributed by atoms with Crippen molar-refractivity contribution in [3.63, 3.8) is 0 Å². The summed E-state index contributed by atoms with van der Waals surface area (Å²) in [7, 11) is 0. The predicted octanol–water partition coefficient (Wildman–Crippen LogP) is 3.17. The minimum Gasteiger partial charge on any atom is -0.469 e. The number of carbonyl (C=O) groups excluding carboxylic acids is 1. The van der Waals surface area contributed by atoms with Crippen LogP contribution in [0.3, 0.4) is 0 Å². The average Bonchev–Trinajstić information content (AvgIpc) is 3.23. The van der Waals surface area contributed by atoms with Crippen LogP contribution in [0.4, 0.5) is 4.79 Å². The maximum atomic E-state index is 12.5. The molecule has 1 aliphatic rings. The molecule has 0 fully saturated rings. The summed E-state index contributed by atoms with van der Waals surface area (Å²) in [5, 5.41) is 3.01. The number of hydrogen-bond donors (Lipinski definition) is 1. The number of rotatable bonds is 6. The topological polar surface area (TPSA) is 63.9 Å². The molecule has 6 heteroatoms. The third-order valence-electron chi connectivity index (χ3n) is 3.94. The normalized spacial score (nSPS) is 13.6. The van der Waals surface area contributed by atoms with Crippen molar-refractivity contribution in [3.05, 3.63) is 47.9 Å². The van der Waals surface area contributed by atoms with Gasteiger partial charge in [0.05, 0.1) is 6.26 Å². The molecular formula is C18H22N2O4. The van der Waals surface area contributed by atoms with E-state index >= 15 is 0 Å². The fraction of sp³-hybridized carbons (Fsp3) is 0.389. The van der Waals surface area contributed by atoms with E-state index in [4.69, 9.17) is 13.9 Å². The van der Waals surface area contributed by atoms with Crippen LogP contribution < -0.4 is 14.8 Å². The van der Waals surface area contributed by atoms with Gasteiger partial charge in [0.2, 0.25) is 6.79 Å². The van der Waals surface area contributed by atoms with Gasteiger partial charge in [0.25, 0.3) is 0 Å². The zero-order chi connectivity index (χ0) is 16.9. The number of furan rings is 1. The second kappa shape index (κ2) is 7.29. The maximum Gasteiger partial charge on any atom is 0.317 e. The first-order valence-electron chi connectivity index (χ1n) is 8.12. The number of carbonyl (C=O) groups is 1. The molecule has 3 rings (SSSR count). The van der Waals surface area contributed by atoms with Gasteiger partial charge in [0, 0.05) is 25.6 Å². The molecule has 6 nitrogen and oxygen atoms in total. The van der Waals surface area contributed by atoms with Crippen molar-refractivity contribution >= 4 is 6.03 Å².